The molecule has 4 aliphatic rings. The van der Waals surface area contributed by atoms with Crippen LogP contribution in [0.15, 0.2) is 36.0 Å². The molecule has 17 nitrogen and oxygen atoms in total. The molecule has 0 saturated carbocycles. The number of hydrogen-bond acceptors (Lipinski definition) is 12. The van der Waals surface area contributed by atoms with Crippen LogP contribution in [0.4, 0.5) is 0 Å². The van der Waals surface area contributed by atoms with E-state index < -0.39 is 36.2 Å². The van der Waals surface area contributed by atoms with E-state index in [4.69, 9.17) is 11.5 Å². The van der Waals surface area contributed by atoms with Crippen LogP contribution >= 0.6 is 11.3 Å². The van der Waals surface area contributed by atoms with Gasteiger partial charge in [0.2, 0.25) is 29.5 Å². The summed E-state index contributed by atoms with van der Waals surface area (Å²) in [5, 5.41) is 22.8. The Morgan fingerprint density at radius 2 is 1.75 bits per heavy atom. The minimum Gasteiger partial charge on any atom is -0.391 e. The molecular formula is C42H59N11O6S. The number of fused-ring (bicyclic) bond motifs is 1. The monoisotopic (exact) mass is 845 g/mol. The summed E-state index contributed by atoms with van der Waals surface area (Å²) >= 11 is 1.58. The average Bonchev–Trinajstić information content (AvgIpc) is 4.05. The lowest BCUT2D eigenvalue weighted by Crippen LogP contribution is -2.58. The molecule has 6 N–H and O–H groups in total. The van der Waals surface area contributed by atoms with Gasteiger partial charge in [-0.15, -0.1) is 16.4 Å². The predicted molar refractivity (Wildman–Crippen MR) is 224 cm³/mol. The molecule has 60 heavy (non-hydrogen) atoms. The Hall–Kier alpha value is -4.78. The minimum atomic E-state index is -0.924. The quantitative estimate of drug-likeness (QED) is 0.181. The molecule has 7 atom stereocenters. The van der Waals surface area contributed by atoms with Gasteiger partial charge in [-0.1, -0.05) is 29.5 Å². The molecule has 4 fully saturated rings. The fourth-order valence-corrected chi connectivity index (χ4v) is 10.3. The molecule has 2 aromatic heterocycles. The molecule has 324 valence electrons. The summed E-state index contributed by atoms with van der Waals surface area (Å²) in [5.74, 6) is -1.55. The number of nitrogens with zero attached hydrogens (tertiary/aromatic N) is 8. The second-order valence-corrected chi connectivity index (χ2v) is 18.0. The van der Waals surface area contributed by atoms with Crippen molar-refractivity contribution in [2.24, 2.45) is 17.4 Å². The Kier molecular flexibility index (Phi) is 13.6. The van der Waals surface area contributed by atoms with Gasteiger partial charge in [0, 0.05) is 44.7 Å². The van der Waals surface area contributed by atoms with E-state index in [0.717, 1.165) is 47.6 Å². The third-order valence-corrected chi connectivity index (χ3v) is 13.9. The molecule has 0 radical (unpaired) electrons. The normalized spacial score (nSPS) is 25.1. The number of aliphatic hydroxyl groups excluding tert-OH is 1. The minimum absolute atomic E-state index is 0.0454. The van der Waals surface area contributed by atoms with Crippen LogP contribution in [0.25, 0.3) is 10.4 Å². The van der Waals surface area contributed by atoms with Crippen molar-refractivity contribution in [2.75, 3.05) is 39.8 Å². The van der Waals surface area contributed by atoms with E-state index in [1.54, 1.807) is 32.0 Å². The molecule has 0 unspecified atom stereocenters. The Labute approximate surface area is 354 Å². The Bertz CT molecular complexity index is 2020. The highest BCUT2D eigenvalue weighted by molar-refractivity contribution is 7.13. The average molecular weight is 846 g/mol. The molecule has 5 amide bonds. The maximum absolute atomic E-state index is 14.6. The van der Waals surface area contributed by atoms with Crippen molar-refractivity contribution in [1.82, 2.24) is 44.9 Å². The lowest BCUT2D eigenvalue weighted by molar-refractivity contribution is -0.144. The number of carbonyl (C=O) groups is 5. The third-order valence-electron chi connectivity index (χ3n) is 12.9. The highest BCUT2D eigenvalue weighted by Crippen LogP contribution is 2.34. The second kappa shape index (κ2) is 18.9. The summed E-state index contributed by atoms with van der Waals surface area (Å²) < 4.78 is 1.64. The van der Waals surface area contributed by atoms with Gasteiger partial charge in [-0.25, -0.2) is 9.67 Å². The SMILES string of the molecule is Cc1ncsc1-c1ccc([C@@H](C)NC(=O)[C@@H]2C[C@@H](O)CN2C(=O)[C@@H](C2CCN(C)CC2)n2cc(CCCCC(=O)N3CC[C@H]4CC[C@@H](C(N)=O)N4C(=O)[C@@H](N)C3)nn2)cc1. The van der Waals surface area contributed by atoms with E-state index in [2.05, 4.69) is 32.6 Å². The van der Waals surface area contributed by atoms with Crippen molar-refractivity contribution >= 4 is 40.9 Å². The van der Waals surface area contributed by atoms with E-state index >= 15 is 0 Å². The number of unbranched alkanes of at least 4 members (excludes halogenated alkanes) is 1. The number of hydrogen-bond donors (Lipinski definition) is 4. The first-order valence-corrected chi connectivity index (χ1v) is 22.2. The number of aliphatic hydroxyl groups is 1. The highest BCUT2D eigenvalue weighted by Gasteiger charge is 2.45. The summed E-state index contributed by atoms with van der Waals surface area (Å²) in [7, 11) is 2.06. The number of rotatable bonds is 13. The molecule has 4 saturated heterocycles. The van der Waals surface area contributed by atoms with E-state index in [-0.39, 0.29) is 67.6 Å². The lowest BCUT2D eigenvalue weighted by atomic mass is 9.88. The van der Waals surface area contributed by atoms with E-state index in [0.29, 0.717) is 50.8 Å². The largest absolute Gasteiger partial charge is 0.391 e. The number of thiazole rings is 1. The van der Waals surface area contributed by atoms with Gasteiger partial charge < -0.3 is 41.5 Å². The van der Waals surface area contributed by atoms with Gasteiger partial charge in [0.15, 0.2) is 0 Å². The number of likely N-dealkylation sites (tertiary alicyclic amines) is 2. The van der Waals surface area contributed by atoms with Crippen LogP contribution in [0.1, 0.15) is 93.7 Å². The Morgan fingerprint density at radius 1 is 1.00 bits per heavy atom. The Morgan fingerprint density at radius 3 is 2.45 bits per heavy atom. The standard InChI is InChI=1S/C42H59N11O6S/c1-25(27-8-10-29(11-9-27)38-26(2)45-24-60-38)46-40(57)35-20-32(54)22-51(35)42(59)37(28-14-17-49(3)18-15-28)52-21-30(47-48-52)6-4-5-7-36(55)50-19-16-31-12-13-34(39(44)56)53(31)41(58)33(43)23-50/h8-11,21,24-25,28,31-35,37,54H,4-7,12-20,22-23,43H2,1-3H3,(H2,44,56)(H,46,57)/t25-,31-,32-,33+,34+,35+,37-/m1/s1. The topological polar surface area (TPSA) is 226 Å². The van der Waals surface area contributed by atoms with Gasteiger partial charge in [-0.05, 0) is 102 Å². The molecule has 4 aliphatic heterocycles. The van der Waals surface area contributed by atoms with Crippen LogP contribution in [0.2, 0.25) is 0 Å². The summed E-state index contributed by atoms with van der Waals surface area (Å²) in [4.78, 5) is 79.4. The van der Waals surface area contributed by atoms with Crippen LogP contribution in [0, 0.1) is 12.8 Å². The molecule has 0 spiro atoms. The van der Waals surface area contributed by atoms with Crippen LogP contribution < -0.4 is 16.8 Å². The number of carbonyl (C=O) groups excluding carboxylic acids is 5. The van der Waals surface area contributed by atoms with Crippen LogP contribution in [0.3, 0.4) is 0 Å². The van der Waals surface area contributed by atoms with Gasteiger partial charge in [0.05, 0.1) is 33.9 Å². The number of benzene rings is 1. The van der Waals surface area contributed by atoms with Crippen molar-refractivity contribution in [3.05, 3.63) is 52.9 Å². The summed E-state index contributed by atoms with van der Waals surface area (Å²) in [5.41, 5.74) is 17.3. The smallest absolute Gasteiger partial charge is 0.248 e. The van der Waals surface area contributed by atoms with Crippen molar-refractivity contribution in [3.8, 4) is 10.4 Å². The van der Waals surface area contributed by atoms with Crippen molar-refractivity contribution in [2.45, 2.75) is 120 Å². The molecule has 1 aromatic carbocycles. The van der Waals surface area contributed by atoms with Gasteiger partial charge in [-0.2, -0.15) is 0 Å². The number of aromatic nitrogens is 4. The zero-order valence-corrected chi connectivity index (χ0v) is 35.6. The first kappa shape index (κ1) is 43.3. The van der Waals surface area contributed by atoms with E-state index in [1.807, 2.05) is 43.6 Å². The fourth-order valence-electron chi connectivity index (χ4n) is 9.46. The molecule has 0 aliphatic carbocycles. The maximum atomic E-state index is 14.6. The number of nitrogens with two attached hydrogens (primary N) is 2. The molecule has 18 heteroatoms. The van der Waals surface area contributed by atoms with Gasteiger partial charge in [0.25, 0.3) is 0 Å². The molecule has 6 heterocycles. The maximum Gasteiger partial charge on any atom is 0.248 e. The Balaban J connectivity index is 0.963. The van der Waals surface area contributed by atoms with Crippen molar-refractivity contribution in [1.29, 1.82) is 0 Å². The lowest BCUT2D eigenvalue weighted by Gasteiger charge is -2.37. The van der Waals surface area contributed by atoms with Gasteiger partial charge >= 0.3 is 0 Å². The highest BCUT2D eigenvalue weighted by atomic mass is 32.1. The van der Waals surface area contributed by atoms with Gasteiger partial charge in [-0.3, -0.25) is 24.0 Å². The van der Waals surface area contributed by atoms with Crippen LogP contribution in [-0.4, -0.2) is 144 Å². The first-order chi connectivity index (χ1) is 28.8. The molecule has 0 bridgehead atoms. The number of nitrogens with one attached hydrogen (secondary N) is 1. The summed E-state index contributed by atoms with van der Waals surface area (Å²) in [6, 6.07) is 4.43. The van der Waals surface area contributed by atoms with Crippen LogP contribution in [-0.2, 0) is 30.4 Å². The summed E-state index contributed by atoms with van der Waals surface area (Å²) in [6.07, 6.45) is 6.43. The molecular weight excluding hydrogens is 787 g/mol. The zero-order chi connectivity index (χ0) is 42.7. The molecule has 7 rings (SSSR count). The van der Waals surface area contributed by atoms with Crippen LogP contribution in [0.5, 0.6) is 0 Å². The summed E-state index contributed by atoms with van der Waals surface area (Å²) in [6.45, 7) is 6.12. The fraction of sp³-hybridized carbons (Fsp3) is 0.619. The number of primary amides is 1. The number of piperidine rings is 1. The predicted octanol–water partition coefficient (Wildman–Crippen LogP) is 1.55. The zero-order valence-electron chi connectivity index (χ0n) is 34.8. The van der Waals surface area contributed by atoms with E-state index in [1.165, 1.54) is 4.90 Å². The van der Waals surface area contributed by atoms with Crippen molar-refractivity contribution < 1.29 is 29.1 Å². The van der Waals surface area contributed by atoms with E-state index in [9.17, 15) is 29.1 Å². The number of aryl methyl sites for hydroxylation is 2. The van der Waals surface area contributed by atoms with Crippen molar-refractivity contribution in [3.63, 3.8) is 0 Å². The third kappa shape index (κ3) is 9.56. The first-order valence-electron chi connectivity index (χ1n) is 21.3. The number of β-amino-alcohol motifs (C(OH)–C–C–N with tert-alkyl or cyclic N) is 1. The molecule has 3 aromatic rings. The van der Waals surface area contributed by atoms with Gasteiger partial charge in [0.1, 0.15) is 24.2 Å². The second-order valence-electron chi connectivity index (χ2n) is 17.1. The number of amides is 5.